The first kappa shape index (κ1) is 29.0. The highest BCUT2D eigenvalue weighted by Crippen LogP contribution is 2.25. The molecular weight excluding hydrogens is 537 g/mol. The van der Waals surface area contributed by atoms with Crippen LogP contribution in [0.2, 0.25) is 0 Å². The van der Waals surface area contributed by atoms with Crippen molar-refractivity contribution in [1.29, 1.82) is 0 Å². The molecule has 1 saturated heterocycles. The number of hydrogen-bond donors (Lipinski definition) is 1. The van der Waals surface area contributed by atoms with E-state index in [1.165, 1.54) is 11.0 Å². The lowest BCUT2D eigenvalue weighted by Gasteiger charge is -2.30. The second-order valence-corrected chi connectivity index (χ2v) is 10.1. The number of ether oxygens (including phenoxy) is 2. The van der Waals surface area contributed by atoms with Crippen molar-refractivity contribution in [1.82, 2.24) is 19.4 Å². The van der Waals surface area contributed by atoms with E-state index in [0.29, 0.717) is 54.6 Å². The van der Waals surface area contributed by atoms with E-state index in [1.807, 2.05) is 30.3 Å². The second-order valence-electron chi connectivity index (χ2n) is 10.1. The van der Waals surface area contributed by atoms with Crippen LogP contribution in [-0.4, -0.2) is 84.2 Å². The Morgan fingerprint density at radius 1 is 1.05 bits per heavy atom. The van der Waals surface area contributed by atoms with E-state index in [9.17, 15) is 14.0 Å². The lowest BCUT2D eigenvalue weighted by Crippen LogP contribution is -2.45. The number of morpholine rings is 1. The van der Waals surface area contributed by atoms with E-state index in [2.05, 4.69) is 15.2 Å². The van der Waals surface area contributed by atoms with Crippen molar-refractivity contribution in [2.75, 3.05) is 58.4 Å². The molecule has 1 N–H and O–H groups in total. The SMILES string of the molecule is COc1cccc(C(=O)N(CCN2CCOCC2)CC(=O)Nc2nc(-c3ccccc3)cn2-c2ccc(C)c(F)c2)c1. The maximum absolute atomic E-state index is 14.5. The smallest absolute Gasteiger partial charge is 0.254 e. The highest BCUT2D eigenvalue weighted by Gasteiger charge is 2.23. The number of anilines is 1. The third-order valence-corrected chi connectivity index (χ3v) is 7.19. The number of carbonyl (C=O) groups is 2. The van der Waals surface area contributed by atoms with Gasteiger partial charge < -0.3 is 14.4 Å². The third kappa shape index (κ3) is 7.02. The first-order chi connectivity index (χ1) is 20.4. The maximum atomic E-state index is 14.5. The number of imidazole rings is 1. The molecule has 1 aliphatic rings. The van der Waals surface area contributed by atoms with E-state index in [4.69, 9.17) is 9.47 Å². The first-order valence-corrected chi connectivity index (χ1v) is 13.9. The van der Waals surface area contributed by atoms with Crippen molar-refractivity contribution in [3.8, 4) is 22.7 Å². The normalized spacial score (nSPS) is 13.5. The Morgan fingerprint density at radius 3 is 2.57 bits per heavy atom. The number of halogens is 1. The molecule has 3 aromatic carbocycles. The summed E-state index contributed by atoms with van der Waals surface area (Å²) < 4.78 is 26.9. The molecule has 1 aromatic heterocycles. The van der Waals surface area contributed by atoms with E-state index in [1.54, 1.807) is 61.2 Å². The van der Waals surface area contributed by atoms with Gasteiger partial charge in [0.1, 0.15) is 18.1 Å². The lowest BCUT2D eigenvalue weighted by atomic mass is 10.2. The van der Waals surface area contributed by atoms with Crippen LogP contribution in [0.25, 0.3) is 16.9 Å². The van der Waals surface area contributed by atoms with Gasteiger partial charge in [-0.05, 0) is 42.8 Å². The molecule has 0 radical (unpaired) electrons. The van der Waals surface area contributed by atoms with Crippen molar-refractivity contribution in [3.05, 3.63) is 95.9 Å². The summed E-state index contributed by atoms with van der Waals surface area (Å²) >= 11 is 0. The minimum absolute atomic E-state index is 0.198. The first-order valence-electron chi connectivity index (χ1n) is 13.9. The Balaban J connectivity index is 1.40. The lowest BCUT2D eigenvalue weighted by molar-refractivity contribution is -0.117. The van der Waals surface area contributed by atoms with Crippen LogP contribution in [0.4, 0.5) is 10.3 Å². The molecule has 0 bridgehead atoms. The number of hydrogen-bond acceptors (Lipinski definition) is 6. The zero-order valence-electron chi connectivity index (χ0n) is 23.8. The highest BCUT2D eigenvalue weighted by molar-refractivity contribution is 5.99. The van der Waals surface area contributed by atoms with Crippen molar-refractivity contribution in [2.45, 2.75) is 6.92 Å². The van der Waals surface area contributed by atoms with Crippen LogP contribution >= 0.6 is 0 Å². The van der Waals surface area contributed by atoms with Gasteiger partial charge in [0.05, 0.1) is 31.7 Å². The number of amides is 2. The van der Waals surface area contributed by atoms with Crippen molar-refractivity contribution in [3.63, 3.8) is 0 Å². The zero-order valence-corrected chi connectivity index (χ0v) is 23.8. The molecule has 10 heteroatoms. The van der Waals surface area contributed by atoms with Gasteiger partial charge in [-0.15, -0.1) is 0 Å². The fourth-order valence-electron chi connectivity index (χ4n) is 4.76. The minimum Gasteiger partial charge on any atom is -0.497 e. The van der Waals surface area contributed by atoms with Gasteiger partial charge in [-0.25, -0.2) is 9.37 Å². The molecule has 2 amide bonds. The standard InChI is InChI=1S/C32H34FN5O4/c1-23-11-12-26(20-28(23)33)38-21-29(24-7-4-3-5-8-24)34-32(38)35-30(39)22-37(14-13-36-15-17-42-18-16-36)31(40)25-9-6-10-27(19-25)41-2/h3-12,19-21H,13-18,22H2,1-2H3,(H,34,35,39). The van der Waals surface area contributed by atoms with Gasteiger partial charge >= 0.3 is 0 Å². The van der Waals surface area contributed by atoms with Crippen LogP contribution in [-0.2, 0) is 9.53 Å². The van der Waals surface area contributed by atoms with Crippen LogP contribution in [0.3, 0.4) is 0 Å². The number of aromatic nitrogens is 2. The number of nitrogens with one attached hydrogen (secondary N) is 1. The number of methoxy groups -OCH3 is 1. The molecular formula is C32H34FN5O4. The van der Waals surface area contributed by atoms with Crippen LogP contribution in [0, 0.1) is 12.7 Å². The van der Waals surface area contributed by atoms with Gasteiger partial charge in [0.2, 0.25) is 11.9 Å². The molecule has 0 atom stereocenters. The molecule has 0 spiro atoms. The summed E-state index contributed by atoms with van der Waals surface area (Å²) in [4.78, 5) is 35.5. The number of nitrogens with zero attached hydrogens (tertiary/aromatic N) is 4. The van der Waals surface area contributed by atoms with Gasteiger partial charge in [0, 0.05) is 43.5 Å². The molecule has 2 heterocycles. The molecule has 1 fully saturated rings. The number of benzene rings is 3. The largest absolute Gasteiger partial charge is 0.497 e. The Morgan fingerprint density at radius 2 is 1.83 bits per heavy atom. The molecule has 218 valence electrons. The predicted molar refractivity (Wildman–Crippen MR) is 158 cm³/mol. The number of aryl methyl sites for hydroxylation is 1. The summed E-state index contributed by atoms with van der Waals surface area (Å²) in [5.41, 5.74) is 2.91. The summed E-state index contributed by atoms with van der Waals surface area (Å²) in [6.07, 6.45) is 1.76. The molecule has 4 aromatic rings. The van der Waals surface area contributed by atoms with E-state index in [-0.39, 0.29) is 24.2 Å². The Kier molecular flexibility index (Phi) is 9.25. The summed E-state index contributed by atoms with van der Waals surface area (Å²) in [7, 11) is 1.54. The second kappa shape index (κ2) is 13.4. The van der Waals surface area contributed by atoms with Gasteiger partial charge in [-0.3, -0.25) is 24.4 Å². The summed E-state index contributed by atoms with van der Waals surface area (Å²) in [6, 6.07) is 21.2. The molecule has 5 rings (SSSR count). The van der Waals surface area contributed by atoms with Crippen LogP contribution < -0.4 is 10.1 Å². The Bertz CT molecular complexity index is 1540. The number of rotatable bonds is 10. The summed E-state index contributed by atoms with van der Waals surface area (Å²) in [5.74, 6) is -0.292. The Hall–Kier alpha value is -4.54. The van der Waals surface area contributed by atoms with Gasteiger partial charge in [-0.1, -0.05) is 42.5 Å². The van der Waals surface area contributed by atoms with Crippen LogP contribution in [0.1, 0.15) is 15.9 Å². The summed E-state index contributed by atoms with van der Waals surface area (Å²) in [5, 5.41) is 2.87. The van der Waals surface area contributed by atoms with Gasteiger partial charge in [0.25, 0.3) is 5.91 Å². The zero-order chi connectivity index (χ0) is 29.5. The van der Waals surface area contributed by atoms with Gasteiger partial charge in [-0.2, -0.15) is 0 Å². The Labute approximate surface area is 244 Å². The third-order valence-electron chi connectivity index (χ3n) is 7.19. The average molecular weight is 572 g/mol. The molecule has 0 unspecified atom stereocenters. The fraction of sp³-hybridized carbons (Fsp3) is 0.281. The summed E-state index contributed by atoms with van der Waals surface area (Å²) in [6.45, 7) is 5.23. The van der Waals surface area contributed by atoms with E-state index < -0.39 is 5.91 Å². The van der Waals surface area contributed by atoms with Crippen LogP contribution in [0.5, 0.6) is 5.75 Å². The molecule has 42 heavy (non-hydrogen) atoms. The highest BCUT2D eigenvalue weighted by atomic mass is 19.1. The molecule has 1 aliphatic heterocycles. The van der Waals surface area contributed by atoms with Crippen molar-refractivity contribution >= 4 is 17.8 Å². The van der Waals surface area contributed by atoms with E-state index >= 15 is 0 Å². The minimum atomic E-state index is -0.424. The fourth-order valence-corrected chi connectivity index (χ4v) is 4.76. The quantitative estimate of drug-likeness (QED) is 0.304. The van der Waals surface area contributed by atoms with Gasteiger partial charge in [0.15, 0.2) is 0 Å². The van der Waals surface area contributed by atoms with Crippen molar-refractivity contribution in [2.24, 2.45) is 0 Å². The maximum Gasteiger partial charge on any atom is 0.254 e. The molecule has 0 aliphatic carbocycles. The topological polar surface area (TPSA) is 88.9 Å². The number of carbonyl (C=O) groups excluding carboxylic acids is 2. The molecule has 0 saturated carbocycles. The molecule has 9 nitrogen and oxygen atoms in total. The monoisotopic (exact) mass is 571 g/mol. The predicted octanol–water partition coefficient (Wildman–Crippen LogP) is 4.41. The average Bonchev–Trinajstić information content (AvgIpc) is 3.44. The van der Waals surface area contributed by atoms with Crippen molar-refractivity contribution < 1.29 is 23.5 Å². The van der Waals surface area contributed by atoms with Crippen LogP contribution in [0.15, 0.2) is 79.0 Å². The van der Waals surface area contributed by atoms with E-state index in [0.717, 1.165) is 18.7 Å².